The molecule has 0 radical (unpaired) electrons. The fourth-order valence-corrected chi connectivity index (χ4v) is 13.6. The van der Waals surface area contributed by atoms with Crippen molar-refractivity contribution in [1.82, 2.24) is 9.38 Å². The number of nitrogens with zero attached hydrogens (tertiary/aromatic N) is 2. The van der Waals surface area contributed by atoms with E-state index in [2.05, 4.69) is 154 Å². The molecule has 3 heterocycles. The molecule has 3 unspecified atom stereocenters. The van der Waals surface area contributed by atoms with Gasteiger partial charge in [-0.15, -0.1) is 0 Å². The van der Waals surface area contributed by atoms with Crippen molar-refractivity contribution in [3.8, 4) is 0 Å². The Labute approximate surface area is 337 Å². The molecule has 9 aromatic rings. The number of pyridine rings is 1. The number of fused-ring (bicyclic) bond motifs is 21. The van der Waals surface area contributed by atoms with E-state index in [4.69, 9.17) is 4.98 Å². The number of aryl methyl sites for hydroxylation is 4. The minimum atomic E-state index is -0.284. The average Bonchev–Trinajstić information content (AvgIpc) is 3.74. The summed E-state index contributed by atoms with van der Waals surface area (Å²) in [6, 6.07) is 43.4. The Balaban J connectivity index is 1.14. The minimum Gasteiger partial charge on any atom is -0.306 e. The molecule has 0 saturated heterocycles. The first-order chi connectivity index (χ1) is 28.2. The third-order valence-electron chi connectivity index (χ3n) is 15.9. The fraction of sp³-hybridized carbons (Fsp3) is 0.236. The van der Waals surface area contributed by atoms with E-state index in [0.717, 1.165) is 42.3 Å². The molecule has 278 valence electrons. The van der Waals surface area contributed by atoms with Crippen LogP contribution in [0.5, 0.6) is 0 Å². The second kappa shape index (κ2) is 10.1. The maximum Gasteiger partial charge on any atom is 0.171 e. The number of aromatic nitrogens is 2. The maximum atomic E-state index is 15.2. The molecule has 58 heavy (non-hydrogen) atoms. The smallest absolute Gasteiger partial charge is 0.171 e. The predicted octanol–water partition coefficient (Wildman–Crippen LogP) is 11.8. The number of hydrogen-bond donors (Lipinski definition) is 0. The van der Waals surface area contributed by atoms with Crippen molar-refractivity contribution in [1.29, 1.82) is 0 Å². The van der Waals surface area contributed by atoms with Crippen molar-refractivity contribution in [2.45, 2.75) is 81.5 Å². The van der Waals surface area contributed by atoms with Gasteiger partial charge < -0.3 is 4.40 Å². The Morgan fingerprint density at radius 3 is 1.90 bits per heavy atom. The van der Waals surface area contributed by atoms with E-state index >= 15 is 4.79 Å². The Morgan fingerprint density at radius 1 is 0.569 bits per heavy atom. The lowest BCUT2D eigenvalue weighted by atomic mass is 9.36. The van der Waals surface area contributed by atoms with Crippen LogP contribution in [0.1, 0.15) is 122 Å². The Hall–Kier alpha value is -6.06. The van der Waals surface area contributed by atoms with Crippen LogP contribution in [-0.4, -0.2) is 15.2 Å². The highest BCUT2D eigenvalue weighted by Crippen LogP contribution is 2.74. The van der Waals surface area contributed by atoms with Crippen LogP contribution in [0.3, 0.4) is 0 Å². The topological polar surface area (TPSA) is 34.4 Å². The van der Waals surface area contributed by atoms with Gasteiger partial charge in [0.15, 0.2) is 5.78 Å². The molecule has 6 aromatic carbocycles. The van der Waals surface area contributed by atoms with Gasteiger partial charge >= 0.3 is 0 Å². The highest BCUT2D eigenvalue weighted by molar-refractivity contribution is 6.27. The predicted molar refractivity (Wildman–Crippen MR) is 233 cm³/mol. The summed E-state index contributed by atoms with van der Waals surface area (Å²) in [4.78, 5) is 20.7. The Bertz CT molecular complexity index is 3390. The zero-order valence-electron chi connectivity index (χ0n) is 33.3. The van der Waals surface area contributed by atoms with Gasteiger partial charge in [0.2, 0.25) is 0 Å². The summed E-state index contributed by atoms with van der Waals surface area (Å²) >= 11 is 0. The third kappa shape index (κ3) is 3.39. The standard InChI is InChI=1S/C55H42N2O/c1-53(2)40-18-9-10-19-41(40)54(3,4)52-49(53)46-43(28-56-52)57-42-27-36-35(47-33-14-5-7-16-38(33)55(47)39-17-8-6-15-34(39)48(55)51(36)58)26-37(42)44-31-22-20-29-12-11-13-30(24-29)21-23-32(25-31)45(46)50(44)57/h5-19,24-28,47-48H,20-23H2,1-4H3. The summed E-state index contributed by atoms with van der Waals surface area (Å²) in [5, 5.41) is 5.35. The van der Waals surface area contributed by atoms with Gasteiger partial charge in [0, 0.05) is 49.3 Å². The molecule has 0 N–H and O–H groups in total. The number of rotatable bonds is 0. The molecule has 0 fully saturated rings. The van der Waals surface area contributed by atoms with Gasteiger partial charge in [-0.05, 0) is 105 Å². The number of hydrogen-bond acceptors (Lipinski definition) is 2. The lowest BCUT2D eigenvalue weighted by Gasteiger charge is -2.64. The lowest BCUT2D eigenvalue weighted by Crippen LogP contribution is -2.61. The van der Waals surface area contributed by atoms with E-state index in [1.807, 2.05) is 0 Å². The average molecular weight is 747 g/mol. The van der Waals surface area contributed by atoms with Gasteiger partial charge in [-0.3, -0.25) is 9.78 Å². The van der Waals surface area contributed by atoms with Crippen molar-refractivity contribution in [2.24, 2.45) is 0 Å². The van der Waals surface area contributed by atoms with Crippen LogP contribution < -0.4 is 0 Å². The summed E-state index contributed by atoms with van der Waals surface area (Å²) in [6.45, 7) is 9.54. The number of benzene rings is 6. The van der Waals surface area contributed by atoms with Crippen molar-refractivity contribution in [2.75, 3.05) is 0 Å². The third-order valence-corrected chi connectivity index (χ3v) is 15.9. The molecule has 0 saturated carbocycles. The van der Waals surface area contributed by atoms with Gasteiger partial charge in [-0.25, -0.2) is 0 Å². The monoisotopic (exact) mass is 746 g/mol. The number of carbonyl (C=O) groups is 1. The number of carbonyl (C=O) groups excluding carboxylic acids is 1. The normalized spacial score (nSPS) is 22.6. The summed E-state index contributed by atoms with van der Waals surface area (Å²) in [5.74, 6) is 0.267. The van der Waals surface area contributed by atoms with E-state index in [1.165, 1.54) is 99.5 Å². The first kappa shape index (κ1) is 32.0. The fourth-order valence-electron chi connectivity index (χ4n) is 13.6. The van der Waals surface area contributed by atoms with Gasteiger partial charge in [-0.2, -0.15) is 0 Å². The SMILES string of the molecule is CC1(C)c2ccccc2C(C)(C)c2c1ncc1c2c2c3cc(c4c5cc6c(cc5n1c42)C(=O)C1c2ccccc2C12c1ccccc1C62)CCc1cccc(c1)CC3. The van der Waals surface area contributed by atoms with Crippen LogP contribution in [-0.2, 0) is 41.9 Å². The highest BCUT2D eigenvalue weighted by atomic mass is 16.1. The first-order valence-electron chi connectivity index (χ1n) is 21.3. The van der Waals surface area contributed by atoms with Gasteiger partial charge in [-0.1, -0.05) is 131 Å². The number of ketones is 1. The molecule has 5 aliphatic carbocycles. The van der Waals surface area contributed by atoms with Gasteiger partial charge in [0.05, 0.1) is 34.4 Å². The molecule has 3 aromatic heterocycles. The summed E-state index contributed by atoms with van der Waals surface area (Å²) in [6.07, 6.45) is 6.11. The molecule has 0 amide bonds. The van der Waals surface area contributed by atoms with Crippen LogP contribution >= 0.6 is 0 Å². The van der Waals surface area contributed by atoms with E-state index in [0.29, 0.717) is 0 Å². The second-order valence-corrected chi connectivity index (χ2v) is 19.2. The molecule has 3 atom stereocenters. The van der Waals surface area contributed by atoms with E-state index in [9.17, 15) is 0 Å². The van der Waals surface area contributed by atoms with Crippen molar-refractivity contribution in [3.05, 3.63) is 199 Å². The van der Waals surface area contributed by atoms with E-state index in [-0.39, 0.29) is 33.9 Å². The Kier molecular flexibility index (Phi) is 5.59. The first-order valence-corrected chi connectivity index (χ1v) is 21.3. The summed E-state index contributed by atoms with van der Waals surface area (Å²) in [5.41, 5.74) is 21.1. The van der Waals surface area contributed by atoms with Crippen LogP contribution in [0, 0.1) is 0 Å². The zero-order valence-corrected chi connectivity index (χ0v) is 33.3. The molecule has 3 nitrogen and oxygen atoms in total. The van der Waals surface area contributed by atoms with E-state index in [1.54, 1.807) is 0 Å². The molecule has 1 spiro atoms. The second-order valence-electron chi connectivity index (χ2n) is 19.2. The molecule has 14 rings (SSSR count). The summed E-state index contributed by atoms with van der Waals surface area (Å²) < 4.78 is 2.54. The van der Waals surface area contributed by atoms with Crippen LogP contribution in [0.2, 0.25) is 0 Å². The van der Waals surface area contributed by atoms with Crippen molar-refractivity contribution < 1.29 is 4.79 Å². The zero-order chi connectivity index (χ0) is 38.6. The molecule has 5 aliphatic rings. The van der Waals surface area contributed by atoms with Crippen LogP contribution in [0.15, 0.2) is 121 Å². The molecular formula is C55H42N2O. The quantitative estimate of drug-likeness (QED) is 0.155. The van der Waals surface area contributed by atoms with E-state index < -0.39 is 0 Å². The van der Waals surface area contributed by atoms with Crippen LogP contribution in [0.4, 0.5) is 0 Å². The minimum absolute atomic E-state index is 0.154. The highest BCUT2D eigenvalue weighted by Gasteiger charge is 2.69. The van der Waals surface area contributed by atoms with Gasteiger partial charge in [0.25, 0.3) is 0 Å². The van der Waals surface area contributed by atoms with Gasteiger partial charge in [0.1, 0.15) is 0 Å². The maximum absolute atomic E-state index is 15.2. The lowest BCUT2D eigenvalue weighted by molar-refractivity contribution is 0.0847. The van der Waals surface area contributed by atoms with Crippen molar-refractivity contribution in [3.63, 3.8) is 0 Å². The molecule has 3 heteroatoms. The number of Topliss-reactive ketones (excluding diaryl/α,β-unsaturated/α-hetero) is 1. The summed E-state index contributed by atoms with van der Waals surface area (Å²) in [7, 11) is 0. The Morgan fingerprint density at radius 2 is 1.19 bits per heavy atom. The molecule has 0 aliphatic heterocycles. The molecular weight excluding hydrogens is 705 g/mol. The van der Waals surface area contributed by atoms with Crippen molar-refractivity contribution >= 4 is 43.9 Å². The van der Waals surface area contributed by atoms with Crippen LogP contribution in [0.25, 0.3) is 38.1 Å². The molecule has 4 bridgehead atoms. The largest absolute Gasteiger partial charge is 0.306 e.